The lowest BCUT2D eigenvalue weighted by molar-refractivity contribution is -0.125. The van der Waals surface area contributed by atoms with Crippen LogP contribution in [-0.2, 0) is 14.3 Å². The number of nitrogens with zero attached hydrogens (tertiary/aromatic N) is 4. The lowest BCUT2D eigenvalue weighted by Crippen LogP contribution is -2.48. The van der Waals surface area contributed by atoms with E-state index < -0.39 is 34.2 Å². The first-order valence-corrected chi connectivity index (χ1v) is 23.0. The molecule has 2 aliphatic rings. The maximum atomic E-state index is 13.0. The number of hydrogen-bond acceptors (Lipinski definition) is 8. The summed E-state index contributed by atoms with van der Waals surface area (Å²) in [4.78, 5) is 67.1. The van der Waals surface area contributed by atoms with Crippen LogP contribution < -0.4 is 16.0 Å². The summed E-state index contributed by atoms with van der Waals surface area (Å²) < 4.78 is 5.14. The highest BCUT2D eigenvalue weighted by Gasteiger charge is 2.32. The van der Waals surface area contributed by atoms with Gasteiger partial charge in [0.2, 0.25) is 11.9 Å². The van der Waals surface area contributed by atoms with Crippen LogP contribution in [0.3, 0.4) is 0 Å². The van der Waals surface area contributed by atoms with Gasteiger partial charge < -0.3 is 15.4 Å². The van der Waals surface area contributed by atoms with Crippen molar-refractivity contribution in [1.82, 2.24) is 10.6 Å². The summed E-state index contributed by atoms with van der Waals surface area (Å²) in [6.45, 7) is 16.6. The van der Waals surface area contributed by atoms with Gasteiger partial charge in [0.1, 0.15) is 0 Å². The molecule has 0 fully saturated rings. The number of rotatable bonds is 15. The topological polar surface area (TPSA) is 163 Å². The zero-order chi connectivity index (χ0) is 33.2. The van der Waals surface area contributed by atoms with Crippen molar-refractivity contribution in [3.63, 3.8) is 0 Å². The molecular weight excluding hydrogens is 607 g/mol. The average Bonchev–Trinajstić information content (AvgIpc) is 2.94. The van der Waals surface area contributed by atoms with Crippen LogP contribution in [-0.4, -0.2) is 89.3 Å². The fourth-order valence-electron chi connectivity index (χ4n) is 4.44. The monoisotopic (exact) mass is 653 g/mol. The van der Waals surface area contributed by atoms with Crippen molar-refractivity contribution < 1.29 is 23.9 Å². The van der Waals surface area contributed by atoms with E-state index in [4.69, 9.17) is 4.74 Å². The Bertz CT molecular complexity index is 1380. The highest BCUT2D eigenvalue weighted by Crippen LogP contribution is 2.18. The van der Waals surface area contributed by atoms with Crippen molar-refractivity contribution in [1.29, 1.82) is 0 Å². The van der Waals surface area contributed by atoms with Gasteiger partial charge in [0, 0.05) is 46.3 Å². The number of benzene rings is 1. The first-order chi connectivity index (χ1) is 21.1. The number of amidine groups is 1. The van der Waals surface area contributed by atoms with Crippen molar-refractivity contribution >= 4 is 69.2 Å². The van der Waals surface area contributed by atoms with Crippen molar-refractivity contribution in [2.24, 2.45) is 25.9 Å². The molecule has 14 heteroatoms. The van der Waals surface area contributed by atoms with E-state index in [1.54, 1.807) is 24.3 Å². The zero-order valence-corrected chi connectivity index (χ0v) is 29.5. The van der Waals surface area contributed by atoms with E-state index in [2.05, 4.69) is 75.2 Å². The molecule has 45 heavy (non-hydrogen) atoms. The van der Waals surface area contributed by atoms with Crippen molar-refractivity contribution in [3.05, 3.63) is 29.8 Å². The molecule has 0 bridgehead atoms. The molecule has 0 saturated carbocycles. The van der Waals surface area contributed by atoms with Gasteiger partial charge in [-0.05, 0) is 42.8 Å². The normalized spacial score (nSPS) is 17.9. The molecule has 12 nitrogen and oxygen atoms in total. The molecule has 244 valence electrons. The lowest BCUT2D eigenvalue weighted by atomic mass is 9.93. The third-order valence-corrected chi connectivity index (χ3v) is 10.6. The van der Waals surface area contributed by atoms with E-state index in [1.807, 2.05) is 6.92 Å². The Hall–Kier alpha value is -3.79. The summed E-state index contributed by atoms with van der Waals surface area (Å²) in [5.74, 6) is -0.970. The maximum absolute atomic E-state index is 13.0. The number of fused-ring (bicyclic) bond motifs is 1. The van der Waals surface area contributed by atoms with Gasteiger partial charge in [0.25, 0.3) is 5.91 Å². The second kappa shape index (κ2) is 16.0. The van der Waals surface area contributed by atoms with Crippen LogP contribution in [0.25, 0.3) is 0 Å². The van der Waals surface area contributed by atoms with Gasteiger partial charge >= 0.3 is 6.09 Å². The standard InChI is InChI=1S/C31H47N7O5Si2/c1-8-9-22(28(40)32-14-16-44(2,3)4)18-25(39)21-10-12-23(13-11-21)33-19-24-20-34-27-26(35-24)29(41)37-30(36-27)38-31(42)43-15-17-45(5,6)7/h10-13,20,22,26,33H,8-9,14-19H2,1-7H3,(H,32,40)(H,37,38,41,42). The Balaban J connectivity index is 1.52. The van der Waals surface area contributed by atoms with Crippen molar-refractivity contribution in [2.75, 3.05) is 25.0 Å². The molecule has 0 spiro atoms. The molecule has 1 aromatic rings. The van der Waals surface area contributed by atoms with Crippen LogP contribution in [0.1, 0.15) is 36.5 Å². The molecule has 0 aliphatic carbocycles. The Labute approximate surface area is 267 Å². The quantitative estimate of drug-likeness (QED) is 0.182. The SMILES string of the molecule is CCCC(CC(=O)c1ccc(NCC2=NC3C(=O)NC(=NC(=O)OCC[Si](C)(C)C)N=C3N=C2)cc1)C(=O)NCC[Si](C)(C)C. The third kappa shape index (κ3) is 12.3. The number of ether oxygens (including phenoxy) is 1. The summed E-state index contributed by atoms with van der Waals surface area (Å²) in [6.07, 6.45) is 2.36. The first-order valence-electron chi connectivity index (χ1n) is 15.5. The van der Waals surface area contributed by atoms with Gasteiger partial charge in [-0.2, -0.15) is 4.99 Å². The highest BCUT2D eigenvalue weighted by molar-refractivity contribution is 6.76. The Kier molecular flexibility index (Phi) is 12.7. The van der Waals surface area contributed by atoms with E-state index >= 15 is 0 Å². The maximum Gasteiger partial charge on any atom is 0.436 e. The van der Waals surface area contributed by atoms with Crippen LogP contribution in [0.2, 0.25) is 51.4 Å². The van der Waals surface area contributed by atoms with Gasteiger partial charge in [-0.1, -0.05) is 52.6 Å². The van der Waals surface area contributed by atoms with Crippen LogP contribution in [0.5, 0.6) is 0 Å². The smallest absolute Gasteiger partial charge is 0.436 e. The summed E-state index contributed by atoms with van der Waals surface area (Å²) >= 11 is 0. The van der Waals surface area contributed by atoms with Gasteiger partial charge in [0.05, 0.1) is 25.1 Å². The minimum Gasteiger partial charge on any atom is -0.448 e. The number of nitrogens with one attached hydrogen (secondary N) is 3. The molecule has 2 atom stereocenters. The second-order valence-corrected chi connectivity index (χ2v) is 25.0. The third-order valence-electron chi connectivity index (χ3n) is 7.16. The van der Waals surface area contributed by atoms with E-state index in [9.17, 15) is 19.2 Å². The molecule has 0 saturated heterocycles. The van der Waals surface area contributed by atoms with E-state index in [-0.39, 0.29) is 49.0 Å². The largest absolute Gasteiger partial charge is 0.448 e. The fourth-order valence-corrected chi connectivity index (χ4v) is 6.03. The fraction of sp³-hybridized carbons (Fsp3) is 0.548. The van der Waals surface area contributed by atoms with E-state index in [0.29, 0.717) is 24.2 Å². The number of hydrogen-bond donors (Lipinski definition) is 3. The number of anilines is 1. The summed E-state index contributed by atoms with van der Waals surface area (Å²) in [5.41, 5.74) is 1.83. The predicted octanol–water partition coefficient (Wildman–Crippen LogP) is 4.80. The van der Waals surface area contributed by atoms with Crippen LogP contribution in [0.4, 0.5) is 10.5 Å². The minimum atomic E-state index is -1.36. The number of carbonyl (C=O) groups excluding carboxylic acids is 4. The number of aliphatic imine (C=N–C) groups is 4. The highest BCUT2D eigenvalue weighted by atomic mass is 28.3. The summed E-state index contributed by atoms with van der Waals surface area (Å²) in [6, 6.07) is 7.94. The van der Waals surface area contributed by atoms with Gasteiger partial charge in [-0.15, -0.1) is 4.99 Å². The predicted molar refractivity (Wildman–Crippen MR) is 186 cm³/mol. The first kappa shape index (κ1) is 35.7. The molecule has 3 amide bonds. The molecule has 3 rings (SSSR count). The summed E-state index contributed by atoms with van der Waals surface area (Å²) in [5, 5.41) is 8.74. The molecule has 0 aromatic heterocycles. The molecule has 2 heterocycles. The van der Waals surface area contributed by atoms with Crippen LogP contribution in [0, 0.1) is 5.92 Å². The number of Topliss-reactive ketones (excluding diaryl/α,β-unsaturated/α-hetero) is 1. The van der Waals surface area contributed by atoms with E-state index in [1.165, 1.54) is 6.21 Å². The van der Waals surface area contributed by atoms with Gasteiger partial charge in [0.15, 0.2) is 17.7 Å². The second-order valence-electron chi connectivity index (χ2n) is 13.7. The number of guanidine groups is 1. The van der Waals surface area contributed by atoms with Gasteiger partial charge in [-0.25, -0.2) is 9.79 Å². The molecule has 3 N–H and O–H groups in total. The molecule has 0 radical (unpaired) electrons. The van der Waals surface area contributed by atoms with Crippen LogP contribution >= 0.6 is 0 Å². The molecular formula is C31H47N7O5Si2. The van der Waals surface area contributed by atoms with Crippen LogP contribution in [0.15, 0.2) is 44.2 Å². The molecule has 2 aliphatic heterocycles. The van der Waals surface area contributed by atoms with Gasteiger partial charge in [-0.3, -0.25) is 24.7 Å². The Morgan fingerprint density at radius 3 is 2.38 bits per heavy atom. The van der Waals surface area contributed by atoms with Crippen molar-refractivity contribution in [3.8, 4) is 0 Å². The Morgan fingerprint density at radius 1 is 1.04 bits per heavy atom. The average molecular weight is 654 g/mol. The lowest BCUT2D eigenvalue weighted by Gasteiger charge is -2.21. The molecule has 1 aromatic carbocycles. The Morgan fingerprint density at radius 2 is 1.73 bits per heavy atom. The summed E-state index contributed by atoms with van der Waals surface area (Å²) in [7, 11) is -2.61. The minimum absolute atomic E-state index is 0.0460. The van der Waals surface area contributed by atoms with E-state index in [0.717, 1.165) is 24.2 Å². The number of ketones is 1. The molecule has 2 unspecified atom stereocenters. The van der Waals surface area contributed by atoms with Crippen molar-refractivity contribution in [2.45, 2.75) is 83.6 Å². The number of amides is 3. The number of carbonyl (C=O) groups is 4. The zero-order valence-electron chi connectivity index (χ0n) is 27.5.